The lowest BCUT2D eigenvalue weighted by Crippen LogP contribution is -2.13. The summed E-state index contributed by atoms with van der Waals surface area (Å²) in [5.41, 5.74) is 0.517. The number of aromatic nitrogens is 1. The molecular formula is C17H16ClN3O5S. The molecule has 0 unspecified atom stereocenters. The van der Waals surface area contributed by atoms with Crippen LogP contribution < -0.4 is 4.72 Å². The fourth-order valence-corrected chi connectivity index (χ4v) is 3.58. The Morgan fingerprint density at radius 3 is 2.52 bits per heavy atom. The minimum Gasteiger partial charge on any atom is -0.440 e. The van der Waals surface area contributed by atoms with Gasteiger partial charge < -0.3 is 4.42 Å². The van der Waals surface area contributed by atoms with E-state index in [-0.39, 0.29) is 21.0 Å². The smallest absolute Gasteiger partial charge is 0.289 e. The van der Waals surface area contributed by atoms with Crippen molar-refractivity contribution in [3.05, 3.63) is 57.4 Å². The molecule has 0 aliphatic rings. The summed E-state index contributed by atoms with van der Waals surface area (Å²) in [5.74, 6) is 0.533. The van der Waals surface area contributed by atoms with Crippen LogP contribution in [0, 0.1) is 10.1 Å². The van der Waals surface area contributed by atoms with Crippen molar-refractivity contribution in [2.24, 2.45) is 0 Å². The minimum atomic E-state index is -4.05. The Morgan fingerprint density at radius 1 is 1.19 bits per heavy atom. The number of nitro benzene ring substituents is 1. The van der Waals surface area contributed by atoms with Gasteiger partial charge in [-0.3, -0.25) is 14.8 Å². The van der Waals surface area contributed by atoms with E-state index in [1.807, 2.05) is 20.8 Å². The Morgan fingerprint density at radius 2 is 1.89 bits per heavy atom. The van der Waals surface area contributed by atoms with E-state index in [2.05, 4.69) is 9.71 Å². The fourth-order valence-electron chi connectivity index (χ4n) is 2.33. The molecule has 3 rings (SSSR count). The first-order chi connectivity index (χ1) is 12.5. The van der Waals surface area contributed by atoms with Crippen LogP contribution in [0.2, 0.25) is 5.02 Å². The van der Waals surface area contributed by atoms with Crippen LogP contribution in [0.4, 0.5) is 11.4 Å². The van der Waals surface area contributed by atoms with E-state index < -0.39 is 20.6 Å². The highest BCUT2D eigenvalue weighted by molar-refractivity contribution is 7.92. The molecule has 0 bridgehead atoms. The summed E-state index contributed by atoms with van der Waals surface area (Å²) in [6, 6.07) is 7.96. The van der Waals surface area contributed by atoms with Gasteiger partial charge in [0, 0.05) is 11.5 Å². The minimum absolute atomic E-state index is 0.141. The number of nitro groups is 1. The van der Waals surface area contributed by atoms with Gasteiger partial charge in [0.15, 0.2) is 5.58 Å². The second-order valence-corrected chi connectivity index (χ2v) is 9.02. The summed E-state index contributed by atoms with van der Waals surface area (Å²) in [7, 11) is -4.05. The van der Waals surface area contributed by atoms with E-state index in [0.717, 1.165) is 6.07 Å². The standard InChI is InChI=1S/C17H16ClN3O5S/c1-17(2,3)16-19-13-8-10(4-7-15(13)26-16)20-27(24,25)11-5-6-12(18)14(9-11)21(22)23/h4-9,20H,1-3H3. The van der Waals surface area contributed by atoms with Crippen molar-refractivity contribution in [2.45, 2.75) is 31.1 Å². The molecule has 10 heteroatoms. The van der Waals surface area contributed by atoms with Gasteiger partial charge in [0.2, 0.25) is 5.89 Å². The first kappa shape index (κ1) is 19.1. The van der Waals surface area contributed by atoms with Gasteiger partial charge in [-0.1, -0.05) is 32.4 Å². The van der Waals surface area contributed by atoms with Crippen molar-refractivity contribution >= 4 is 44.1 Å². The van der Waals surface area contributed by atoms with Gasteiger partial charge in [-0.15, -0.1) is 0 Å². The molecule has 0 spiro atoms. The number of anilines is 1. The number of hydrogen-bond acceptors (Lipinski definition) is 6. The number of benzene rings is 2. The summed E-state index contributed by atoms with van der Waals surface area (Å²) in [6.07, 6.45) is 0. The van der Waals surface area contributed by atoms with Crippen molar-refractivity contribution < 1.29 is 17.8 Å². The summed E-state index contributed by atoms with van der Waals surface area (Å²) >= 11 is 5.73. The Balaban J connectivity index is 1.96. The lowest BCUT2D eigenvalue weighted by atomic mass is 9.97. The van der Waals surface area contributed by atoms with Crippen molar-refractivity contribution in [2.75, 3.05) is 4.72 Å². The SMILES string of the molecule is CC(C)(C)c1nc2cc(NS(=O)(=O)c3ccc(Cl)c([N+](=O)[O-])c3)ccc2o1. The molecule has 142 valence electrons. The Hall–Kier alpha value is -2.65. The molecule has 0 amide bonds. The van der Waals surface area contributed by atoms with Crippen molar-refractivity contribution in [3.8, 4) is 0 Å². The average Bonchev–Trinajstić information content (AvgIpc) is 2.98. The van der Waals surface area contributed by atoms with Crippen LogP contribution in [0.15, 0.2) is 45.7 Å². The fraction of sp³-hybridized carbons (Fsp3) is 0.235. The normalized spacial score (nSPS) is 12.3. The van der Waals surface area contributed by atoms with Crippen molar-refractivity contribution in [1.82, 2.24) is 4.98 Å². The van der Waals surface area contributed by atoms with E-state index >= 15 is 0 Å². The number of nitrogens with zero attached hydrogens (tertiary/aromatic N) is 2. The summed E-state index contributed by atoms with van der Waals surface area (Å²) in [5, 5.41) is 10.8. The molecule has 0 atom stereocenters. The van der Waals surface area contributed by atoms with Crippen molar-refractivity contribution in [1.29, 1.82) is 0 Å². The second kappa shape index (κ2) is 6.50. The van der Waals surface area contributed by atoms with Crippen LogP contribution in [-0.2, 0) is 15.4 Å². The molecule has 0 aliphatic heterocycles. The number of nitrogens with one attached hydrogen (secondary N) is 1. The largest absolute Gasteiger partial charge is 0.440 e. The third-order valence-corrected chi connectivity index (χ3v) is 5.40. The molecule has 8 nitrogen and oxygen atoms in total. The van der Waals surface area contributed by atoms with Gasteiger partial charge in [0.25, 0.3) is 15.7 Å². The number of halogens is 1. The molecule has 2 aromatic carbocycles. The predicted molar refractivity (Wildman–Crippen MR) is 102 cm³/mol. The number of hydrogen-bond donors (Lipinski definition) is 1. The van der Waals surface area contributed by atoms with Crippen LogP contribution >= 0.6 is 11.6 Å². The quantitative estimate of drug-likeness (QED) is 0.501. The maximum atomic E-state index is 12.6. The molecule has 0 fully saturated rings. The zero-order valence-electron chi connectivity index (χ0n) is 14.7. The van der Waals surface area contributed by atoms with E-state index in [1.54, 1.807) is 6.07 Å². The molecule has 0 radical (unpaired) electrons. The van der Waals surface area contributed by atoms with Gasteiger partial charge >= 0.3 is 0 Å². The predicted octanol–water partition coefficient (Wildman–Crippen LogP) is 4.49. The van der Waals surface area contributed by atoms with E-state index in [9.17, 15) is 18.5 Å². The van der Waals surface area contributed by atoms with E-state index in [1.165, 1.54) is 24.3 Å². The summed E-state index contributed by atoms with van der Waals surface area (Å²) in [6.45, 7) is 5.86. The lowest BCUT2D eigenvalue weighted by Gasteiger charge is -2.11. The average molecular weight is 410 g/mol. The second-order valence-electron chi connectivity index (χ2n) is 6.93. The summed E-state index contributed by atoms with van der Waals surface area (Å²) < 4.78 is 33.2. The Labute approximate surface area is 160 Å². The van der Waals surface area contributed by atoms with Crippen LogP contribution in [0.5, 0.6) is 0 Å². The zero-order valence-corrected chi connectivity index (χ0v) is 16.3. The third-order valence-electron chi connectivity index (χ3n) is 3.71. The number of rotatable bonds is 4. The summed E-state index contributed by atoms with van der Waals surface area (Å²) in [4.78, 5) is 14.4. The highest BCUT2D eigenvalue weighted by Crippen LogP contribution is 2.30. The number of sulfonamides is 1. The van der Waals surface area contributed by atoms with Gasteiger partial charge in [-0.25, -0.2) is 13.4 Å². The Kier molecular flexibility index (Phi) is 4.61. The van der Waals surface area contributed by atoms with Crippen LogP contribution in [0.25, 0.3) is 11.1 Å². The first-order valence-electron chi connectivity index (χ1n) is 7.85. The Bertz CT molecular complexity index is 1150. The number of fused-ring (bicyclic) bond motifs is 1. The van der Waals surface area contributed by atoms with Gasteiger partial charge in [0.05, 0.1) is 15.5 Å². The van der Waals surface area contributed by atoms with Gasteiger partial charge in [0.1, 0.15) is 10.5 Å². The van der Waals surface area contributed by atoms with Gasteiger partial charge in [-0.05, 0) is 30.3 Å². The molecule has 0 saturated heterocycles. The molecule has 3 aromatic rings. The van der Waals surface area contributed by atoms with Crippen LogP contribution in [0.1, 0.15) is 26.7 Å². The maximum absolute atomic E-state index is 12.6. The number of oxazole rings is 1. The highest BCUT2D eigenvalue weighted by atomic mass is 35.5. The molecule has 0 saturated carbocycles. The molecule has 27 heavy (non-hydrogen) atoms. The molecule has 0 aliphatic carbocycles. The molecule has 1 heterocycles. The lowest BCUT2D eigenvalue weighted by molar-refractivity contribution is -0.384. The highest BCUT2D eigenvalue weighted by Gasteiger charge is 2.23. The topological polar surface area (TPSA) is 115 Å². The van der Waals surface area contributed by atoms with Crippen molar-refractivity contribution in [3.63, 3.8) is 0 Å². The zero-order chi connectivity index (χ0) is 20.0. The monoisotopic (exact) mass is 409 g/mol. The molecular weight excluding hydrogens is 394 g/mol. The third kappa shape index (κ3) is 3.88. The first-order valence-corrected chi connectivity index (χ1v) is 9.71. The maximum Gasteiger partial charge on any atom is 0.289 e. The van der Waals surface area contributed by atoms with Crippen LogP contribution in [0.3, 0.4) is 0 Å². The van der Waals surface area contributed by atoms with E-state index in [4.69, 9.17) is 16.0 Å². The molecule has 1 aromatic heterocycles. The molecule has 1 N–H and O–H groups in total. The van der Waals surface area contributed by atoms with Gasteiger partial charge in [-0.2, -0.15) is 0 Å². The van der Waals surface area contributed by atoms with E-state index in [0.29, 0.717) is 17.0 Å². The van der Waals surface area contributed by atoms with Crippen LogP contribution in [-0.4, -0.2) is 18.3 Å².